The number of benzene rings is 2. The van der Waals surface area contributed by atoms with Crippen LogP contribution >= 0.6 is 0 Å². The number of nitrogens with two attached hydrogens (primary N) is 1. The van der Waals surface area contributed by atoms with Gasteiger partial charge in [-0.15, -0.1) is 0 Å². The van der Waals surface area contributed by atoms with Crippen LogP contribution in [0.5, 0.6) is 5.75 Å². The Kier molecular flexibility index (Phi) is 4.35. The van der Waals surface area contributed by atoms with Crippen molar-refractivity contribution in [2.24, 2.45) is 0 Å². The van der Waals surface area contributed by atoms with Gasteiger partial charge in [0.05, 0.1) is 31.7 Å². The summed E-state index contributed by atoms with van der Waals surface area (Å²) in [5, 5.41) is 1.79. The largest absolute Gasteiger partial charge is 0.497 e. The molecule has 28 heavy (non-hydrogen) atoms. The number of carbonyl (C=O) groups excluding carboxylic acids is 1. The van der Waals surface area contributed by atoms with E-state index in [9.17, 15) is 4.79 Å². The Hall–Kier alpha value is -3.61. The van der Waals surface area contributed by atoms with Gasteiger partial charge < -0.3 is 15.2 Å². The second kappa shape index (κ2) is 6.84. The lowest BCUT2D eigenvalue weighted by Gasteiger charge is -2.11. The van der Waals surface area contributed by atoms with E-state index >= 15 is 0 Å². The van der Waals surface area contributed by atoms with Crippen LogP contribution in [0.2, 0.25) is 0 Å². The van der Waals surface area contributed by atoms with E-state index in [4.69, 9.17) is 15.2 Å². The summed E-state index contributed by atoms with van der Waals surface area (Å²) in [5.74, 6) is 1.15. The second-order valence-electron chi connectivity index (χ2n) is 6.51. The van der Waals surface area contributed by atoms with Gasteiger partial charge >= 0.3 is 5.97 Å². The Labute approximate surface area is 161 Å². The number of hydrogen-bond acceptors (Lipinski definition) is 6. The summed E-state index contributed by atoms with van der Waals surface area (Å²) < 4.78 is 12.3. The van der Waals surface area contributed by atoms with E-state index in [2.05, 4.69) is 9.97 Å². The van der Waals surface area contributed by atoms with Crippen molar-refractivity contribution in [1.82, 2.24) is 14.5 Å². The Morgan fingerprint density at radius 3 is 2.68 bits per heavy atom. The number of aromatic nitrogens is 3. The fourth-order valence-electron chi connectivity index (χ4n) is 3.54. The minimum Gasteiger partial charge on any atom is -0.497 e. The first-order valence-corrected chi connectivity index (χ1v) is 8.79. The minimum absolute atomic E-state index is 0.162. The standard InChI is InChI=1S/C21H20N4O3/c1-12-16(10-20(26)28-3)17-9-14(27-2)5-7-19(17)25(12)21-15-6-4-13(22)8-18(15)23-11-24-21/h4-9,11H,10,22H2,1-3H3. The number of fused-ring (bicyclic) bond motifs is 2. The van der Waals surface area contributed by atoms with Gasteiger partial charge in [-0.1, -0.05) is 0 Å². The normalized spacial score (nSPS) is 11.1. The van der Waals surface area contributed by atoms with E-state index in [1.54, 1.807) is 7.11 Å². The molecule has 0 bridgehead atoms. The first-order valence-electron chi connectivity index (χ1n) is 8.79. The number of esters is 1. The molecule has 4 rings (SSSR count). The zero-order chi connectivity index (χ0) is 19.8. The van der Waals surface area contributed by atoms with Crippen molar-refractivity contribution in [2.75, 3.05) is 20.0 Å². The maximum atomic E-state index is 12.0. The highest BCUT2D eigenvalue weighted by Crippen LogP contribution is 2.34. The lowest BCUT2D eigenvalue weighted by Crippen LogP contribution is -2.07. The predicted octanol–water partition coefficient (Wildman–Crippen LogP) is 3.19. The van der Waals surface area contributed by atoms with Crippen molar-refractivity contribution in [3.8, 4) is 11.6 Å². The molecule has 0 amide bonds. The van der Waals surface area contributed by atoms with E-state index in [0.717, 1.165) is 44.6 Å². The van der Waals surface area contributed by atoms with E-state index in [1.165, 1.54) is 13.4 Å². The van der Waals surface area contributed by atoms with Crippen molar-refractivity contribution in [3.63, 3.8) is 0 Å². The number of ether oxygens (including phenoxy) is 2. The maximum Gasteiger partial charge on any atom is 0.310 e. The zero-order valence-corrected chi connectivity index (χ0v) is 15.9. The van der Waals surface area contributed by atoms with Gasteiger partial charge in [0.2, 0.25) is 0 Å². The van der Waals surface area contributed by atoms with Gasteiger partial charge in [0.1, 0.15) is 17.9 Å². The summed E-state index contributed by atoms with van der Waals surface area (Å²) in [7, 11) is 3.01. The van der Waals surface area contributed by atoms with Gasteiger partial charge in [0, 0.05) is 22.2 Å². The molecule has 2 aromatic heterocycles. The van der Waals surface area contributed by atoms with Crippen molar-refractivity contribution in [1.29, 1.82) is 0 Å². The molecule has 2 N–H and O–H groups in total. The molecule has 0 unspecified atom stereocenters. The van der Waals surface area contributed by atoms with Crippen LogP contribution in [-0.2, 0) is 16.0 Å². The summed E-state index contributed by atoms with van der Waals surface area (Å²) in [6.07, 6.45) is 1.68. The molecule has 0 radical (unpaired) electrons. The Balaban J connectivity index is 2.05. The van der Waals surface area contributed by atoms with E-state index < -0.39 is 0 Å². The molecule has 2 aromatic carbocycles. The van der Waals surface area contributed by atoms with Crippen molar-refractivity contribution >= 4 is 33.5 Å². The number of nitrogens with zero attached hydrogens (tertiary/aromatic N) is 3. The number of carbonyl (C=O) groups is 1. The topological polar surface area (TPSA) is 92.3 Å². The minimum atomic E-state index is -0.301. The lowest BCUT2D eigenvalue weighted by molar-refractivity contribution is -0.139. The Bertz CT molecular complexity index is 1210. The summed E-state index contributed by atoms with van der Waals surface area (Å²) in [6, 6.07) is 11.3. The molecule has 0 aliphatic rings. The highest BCUT2D eigenvalue weighted by Gasteiger charge is 2.20. The molecule has 0 spiro atoms. The first kappa shape index (κ1) is 17.8. The molecular weight excluding hydrogens is 356 g/mol. The lowest BCUT2D eigenvalue weighted by atomic mass is 10.1. The zero-order valence-electron chi connectivity index (χ0n) is 15.9. The van der Waals surface area contributed by atoms with E-state index in [1.807, 2.05) is 47.9 Å². The summed E-state index contributed by atoms with van der Waals surface area (Å²) in [5.41, 5.74) is 10.0. The van der Waals surface area contributed by atoms with Gasteiger partial charge in [-0.05, 0) is 48.9 Å². The molecular formula is C21H20N4O3. The Morgan fingerprint density at radius 2 is 1.93 bits per heavy atom. The maximum absolute atomic E-state index is 12.0. The second-order valence-corrected chi connectivity index (χ2v) is 6.51. The fraction of sp³-hybridized carbons (Fsp3) is 0.190. The molecule has 0 aliphatic carbocycles. The highest BCUT2D eigenvalue weighted by atomic mass is 16.5. The average molecular weight is 376 g/mol. The van der Waals surface area contributed by atoms with Crippen LogP contribution in [0.25, 0.3) is 27.6 Å². The monoisotopic (exact) mass is 376 g/mol. The smallest absolute Gasteiger partial charge is 0.310 e. The Morgan fingerprint density at radius 1 is 1.11 bits per heavy atom. The molecule has 7 heteroatoms. The van der Waals surface area contributed by atoms with Crippen LogP contribution in [0.1, 0.15) is 11.3 Å². The third-order valence-corrected chi connectivity index (χ3v) is 4.94. The van der Waals surface area contributed by atoms with Crippen molar-refractivity contribution in [2.45, 2.75) is 13.3 Å². The number of hydrogen-bond donors (Lipinski definition) is 1. The molecule has 0 saturated carbocycles. The SMILES string of the molecule is COC(=O)Cc1c(C)n(-c2ncnc3cc(N)ccc23)c2ccc(OC)cc12. The summed E-state index contributed by atoms with van der Waals surface area (Å²) in [6.45, 7) is 1.97. The number of nitrogen functional groups attached to an aromatic ring is 1. The third kappa shape index (κ3) is 2.81. The first-order chi connectivity index (χ1) is 13.5. The van der Waals surface area contributed by atoms with Gasteiger partial charge in [-0.2, -0.15) is 0 Å². The summed E-state index contributed by atoms with van der Waals surface area (Å²) in [4.78, 5) is 20.9. The van der Waals surface area contributed by atoms with Gasteiger partial charge in [0.25, 0.3) is 0 Å². The van der Waals surface area contributed by atoms with Crippen LogP contribution in [0, 0.1) is 6.92 Å². The van der Waals surface area contributed by atoms with Crippen LogP contribution < -0.4 is 10.5 Å². The fourth-order valence-corrected chi connectivity index (χ4v) is 3.54. The summed E-state index contributed by atoms with van der Waals surface area (Å²) >= 11 is 0. The van der Waals surface area contributed by atoms with Crippen LogP contribution in [-0.4, -0.2) is 34.7 Å². The quantitative estimate of drug-likeness (QED) is 0.434. The molecule has 0 aliphatic heterocycles. The van der Waals surface area contributed by atoms with Gasteiger partial charge in [0.15, 0.2) is 0 Å². The molecule has 7 nitrogen and oxygen atoms in total. The van der Waals surface area contributed by atoms with E-state index in [0.29, 0.717) is 5.69 Å². The number of anilines is 1. The van der Waals surface area contributed by atoms with Crippen LogP contribution in [0.15, 0.2) is 42.7 Å². The van der Waals surface area contributed by atoms with Crippen LogP contribution in [0.3, 0.4) is 0 Å². The van der Waals surface area contributed by atoms with Gasteiger partial charge in [-0.25, -0.2) is 9.97 Å². The van der Waals surface area contributed by atoms with E-state index in [-0.39, 0.29) is 12.4 Å². The van der Waals surface area contributed by atoms with Gasteiger partial charge in [-0.3, -0.25) is 9.36 Å². The number of methoxy groups -OCH3 is 2. The third-order valence-electron chi connectivity index (χ3n) is 4.94. The molecule has 0 atom stereocenters. The van der Waals surface area contributed by atoms with Crippen molar-refractivity contribution in [3.05, 3.63) is 54.0 Å². The average Bonchev–Trinajstić information content (AvgIpc) is 2.97. The molecule has 0 saturated heterocycles. The molecule has 2 heterocycles. The molecule has 0 fully saturated rings. The predicted molar refractivity (Wildman–Crippen MR) is 108 cm³/mol. The molecule has 142 valence electrons. The molecule has 4 aromatic rings. The number of rotatable bonds is 4. The highest BCUT2D eigenvalue weighted by molar-refractivity contribution is 5.95. The van der Waals surface area contributed by atoms with Crippen LogP contribution in [0.4, 0.5) is 5.69 Å². The van der Waals surface area contributed by atoms with Crippen molar-refractivity contribution < 1.29 is 14.3 Å².